The van der Waals surface area contributed by atoms with Crippen LogP contribution in [0, 0.1) is 13.8 Å². The topological polar surface area (TPSA) is 88.8 Å². The van der Waals surface area contributed by atoms with Crippen LogP contribution in [0.4, 0.5) is 0 Å². The summed E-state index contributed by atoms with van der Waals surface area (Å²) in [5.41, 5.74) is 1.53. The predicted molar refractivity (Wildman–Crippen MR) is 100 cm³/mol. The lowest BCUT2D eigenvalue weighted by atomic mass is 9.77. The fourth-order valence-electron chi connectivity index (χ4n) is 3.92. The third-order valence-corrected chi connectivity index (χ3v) is 5.47. The summed E-state index contributed by atoms with van der Waals surface area (Å²) in [6.45, 7) is 3.74. The van der Waals surface area contributed by atoms with Crippen LogP contribution in [0.2, 0.25) is 0 Å². The van der Waals surface area contributed by atoms with Gasteiger partial charge in [-0.25, -0.2) is 4.79 Å². The molecule has 144 valence electrons. The number of methoxy groups -OCH3 is 1. The molecule has 1 heterocycles. The smallest absolute Gasteiger partial charge is 0.339 e. The van der Waals surface area contributed by atoms with Gasteiger partial charge in [0.1, 0.15) is 22.8 Å². The third kappa shape index (κ3) is 3.56. The molecule has 0 spiro atoms. The zero-order chi connectivity index (χ0) is 19.6. The molecule has 2 N–H and O–H groups in total. The summed E-state index contributed by atoms with van der Waals surface area (Å²) in [5.74, 6) is 0.461. The quantitative estimate of drug-likeness (QED) is 0.808. The zero-order valence-corrected chi connectivity index (χ0v) is 15.9. The molecule has 27 heavy (non-hydrogen) atoms. The van der Waals surface area contributed by atoms with Crippen molar-refractivity contribution in [3.63, 3.8) is 0 Å². The first-order valence-corrected chi connectivity index (χ1v) is 9.13. The maximum atomic E-state index is 13.1. The van der Waals surface area contributed by atoms with Crippen LogP contribution in [0.5, 0.6) is 5.75 Å². The van der Waals surface area contributed by atoms with Gasteiger partial charge in [0.2, 0.25) is 5.91 Å². The largest absolute Gasteiger partial charge is 0.496 e. The van der Waals surface area contributed by atoms with Crippen molar-refractivity contribution in [2.45, 2.75) is 51.5 Å². The van der Waals surface area contributed by atoms with E-state index >= 15 is 0 Å². The molecule has 6 heteroatoms. The van der Waals surface area contributed by atoms with Gasteiger partial charge in [-0.2, -0.15) is 0 Å². The molecule has 0 radical (unpaired) electrons. The number of carbonyl (C=O) groups excluding carboxylic acids is 1. The Morgan fingerprint density at radius 1 is 1.22 bits per heavy atom. The molecule has 1 saturated carbocycles. The van der Waals surface area contributed by atoms with Gasteiger partial charge in [-0.15, -0.1) is 0 Å². The molecule has 1 aromatic heterocycles. The fraction of sp³-hybridized carbons (Fsp3) is 0.429. The SMILES string of the molecule is COc1cc(C2(C(=O)NCc3cc(C(=O)O)c(C)o3)CCCC2)ccc1C. The highest BCUT2D eigenvalue weighted by molar-refractivity contribution is 5.89. The Labute approximate surface area is 158 Å². The first-order valence-electron chi connectivity index (χ1n) is 9.13. The van der Waals surface area contributed by atoms with E-state index in [4.69, 9.17) is 14.3 Å². The molecule has 6 nitrogen and oxygen atoms in total. The van der Waals surface area contributed by atoms with Crippen LogP contribution < -0.4 is 10.1 Å². The Morgan fingerprint density at radius 3 is 2.52 bits per heavy atom. The average molecular weight is 371 g/mol. The first kappa shape index (κ1) is 19.0. The molecule has 1 aliphatic rings. The van der Waals surface area contributed by atoms with Crippen molar-refractivity contribution in [1.29, 1.82) is 0 Å². The molecule has 0 atom stereocenters. The number of carboxylic acid groups (broad SMARTS) is 1. The monoisotopic (exact) mass is 371 g/mol. The van der Waals surface area contributed by atoms with Crippen molar-refractivity contribution < 1.29 is 23.8 Å². The van der Waals surface area contributed by atoms with Crippen LogP contribution in [0.15, 0.2) is 28.7 Å². The van der Waals surface area contributed by atoms with Crippen LogP contribution in [0.3, 0.4) is 0 Å². The van der Waals surface area contributed by atoms with E-state index in [9.17, 15) is 9.59 Å². The lowest BCUT2D eigenvalue weighted by Crippen LogP contribution is -2.42. The number of hydrogen-bond donors (Lipinski definition) is 2. The highest BCUT2D eigenvalue weighted by Gasteiger charge is 2.43. The van der Waals surface area contributed by atoms with Crippen molar-refractivity contribution in [2.24, 2.45) is 0 Å². The van der Waals surface area contributed by atoms with Gasteiger partial charge in [0, 0.05) is 0 Å². The first-order chi connectivity index (χ1) is 12.9. The summed E-state index contributed by atoms with van der Waals surface area (Å²) < 4.78 is 10.9. The number of carbonyl (C=O) groups is 2. The second kappa shape index (κ2) is 7.47. The van der Waals surface area contributed by atoms with E-state index in [1.54, 1.807) is 14.0 Å². The molecular formula is C21H25NO5. The van der Waals surface area contributed by atoms with Crippen molar-refractivity contribution in [1.82, 2.24) is 5.32 Å². The molecule has 1 aliphatic carbocycles. The number of aryl methyl sites for hydroxylation is 2. The Morgan fingerprint density at radius 2 is 1.93 bits per heavy atom. The van der Waals surface area contributed by atoms with Gasteiger partial charge >= 0.3 is 5.97 Å². The standard InChI is InChI=1S/C21H25NO5/c1-13-6-7-15(10-18(13)26-3)21(8-4-5-9-21)20(25)22-12-16-11-17(19(23)24)14(2)27-16/h6-7,10-11H,4-5,8-9,12H2,1-3H3,(H,22,25)(H,23,24). The minimum absolute atomic E-state index is 0.0585. The number of ether oxygens (including phenoxy) is 1. The summed E-state index contributed by atoms with van der Waals surface area (Å²) in [6.07, 6.45) is 3.55. The van der Waals surface area contributed by atoms with Gasteiger partial charge in [0.05, 0.1) is 19.1 Å². The highest BCUT2D eigenvalue weighted by atomic mass is 16.5. The minimum atomic E-state index is -1.03. The summed E-state index contributed by atoms with van der Waals surface area (Å²) in [7, 11) is 1.63. The lowest BCUT2D eigenvalue weighted by molar-refractivity contribution is -0.126. The van der Waals surface area contributed by atoms with Gasteiger partial charge in [0.15, 0.2) is 0 Å². The van der Waals surface area contributed by atoms with Crippen molar-refractivity contribution in [2.75, 3.05) is 7.11 Å². The van der Waals surface area contributed by atoms with Gasteiger partial charge in [0.25, 0.3) is 0 Å². The molecular weight excluding hydrogens is 346 g/mol. The summed E-state index contributed by atoms with van der Waals surface area (Å²) in [4.78, 5) is 24.3. The van der Waals surface area contributed by atoms with Crippen molar-refractivity contribution in [3.8, 4) is 5.75 Å². The summed E-state index contributed by atoms with van der Waals surface area (Å²) in [6, 6.07) is 7.41. The molecule has 1 fully saturated rings. The fourth-order valence-corrected chi connectivity index (χ4v) is 3.92. The van der Waals surface area contributed by atoms with Gasteiger partial charge < -0.3 is 19.6 Å². The number of hydrogen-bond acceptors (Lipinski definition) is 4. The van der Waals surface area contributed by atoms with E-state index in [1.807, 2.05) is 25.1 Å². The van der Waals surface area contributed by atoms with Crippen LogP contribution in [-0.4, -0.2) is 24.1 Å². The average Bonchev–Trinajstić information content (AvgIpc) is 3.27. The van der Waals surface area contributed by atoms with Crippen LogP contribution in [0.25, 0.3) is 0 Å². The minimum Gasteiger partial charge on any atom is -0.496 e. The Balaban J connectivity index is 1.82. The van der Waals surface area contributed by atoms with E-state index in [2.05, 4.69) is 5.32 Å². The van der Waals surface area contributed by atoms with Crippen molar-refractivity contribution >= 4 is 11.9 Å². The number of nitrogens with one attached hydrogen (secondary N) is 1. The van der Waals surface area contributed by atoms with Crippen LogP contribution >= 0.6 is 0 Å². The van der Waals surface area contributed by atoms with Gasteiger partial charge in [-0.05, 0) is 49.9 Å². The van der Waals surface area contributed by atoms with Gasteiger partial charge in [-0.3, -0.25) is 4.79 Å². The summed E-state index contributed by atoms with van der Waals surface area (Å²) in [5, 5.41) is 12.1. The number of amides is 1. The number of benzene rings is 1. The third-order valence-electron chi connectivity index (χ3n) is 5.47. The Kier molecular flexibility index (Phi) is 5.26. The van der Waals surface area contributed by atoms with Crippen LogP contribution in [0.1, 0.15) is 58.7 Å². The molecule has 2 aromatic rings. The molecule has 1 aromatic carbocycles. The molecule has 1 amide bonds. The van der Waals surface area contributed by atoms with E-state index in [1.165, 1.54) is 6.07 Å². The van der Waals surface area contributed by atoms with E-state index in [0.717, 1.165) is 42.6 Å². The molecule has 0 aliphatic heterocycles. The number of rotatable bonds is 6. The lowest BCUT2D eigenvalue weighted by Gasteiger charge is -2.29. The van der Waals surface area contributed by atoms with E-state index in [-0.39, 0.29) is 18.0 Å². The maximum Gasteiger partial charge on any atom is 0.339 e. The predicted octanol–water partition coefficient (Wildman–Crippen LogP) is 3.73. The van der Waals surface area contributed by atoms with E-state index < -0.39 is 11.4 Å². The molecule has 0 unspecified atom stereocenters. The molecule has 0 bridgehead atoms. The second-order valence-corrected chi connectivity index (χ2v) is 7.14. The second-order valence-electron chi connectivity index (χ2n) is 7.14. The Bertz CT molecular complexity index is 861. The normalized spacial score (nSPS) is 15.5. The molecule has 0 saturated heterocycles. The number of furan rings is 1. The van der Waals surface area contributed by atoms with Gasteiger partial charge in [-0.1, -0.05) is 25.0 Å². The Hall–Kier alpha value is -2.76. The highest BCUT2D eigenvalue weighted by Crippen LogP contribution is 2.42. The summed E-state index contributed by atoms with van der Waals surface area (Å²) >= 11 is 0. The van der Waals surface area contributed by atoms with E-state index in [0.29, 0.717) is 11.5 Å². The zero-order valence-electron chi connectivity index (χ0n) is 15.9. The maximum absolute atomic E-state index is 13.1. The number of carboxylic acids is 1. The van der Waals surface area contributed by atoms with Crippen molar-refractivity contribution in [3.05, 3.63) is 52.5 Å². The molecule has 3 rings (SSSR count). The van der Waals surface area contributed by atoms with Crippen LogP contribution in [-0.2, 0) is 16.8 Å². The number of aromatic carboxylic acids is 1.